The lowest BCUT2D eigenvalue weighted by Crippen LogP contribution is -2.08. The van der Waals surface area contributed by atoms with Crippen LogP contribution in [-0.2, 0) is 0 Å². The van der Waals surface area contributed by atoms with Crippen molar-refractivity contribution in [1.29, 1.82) is 0 Å². The highest BCUT2D eigenvalue weighted by Gasteiger charge is 2.14. The molecular weight excluding hydrogens is 288 g/mol. The van der Waals surface area contributed by atoms with Crippen molar-refractivity contribution in [3.05, 3.63) is 21.8 Å². The molecular formula is C12H16BrClN2. The minimum atomic E-state index is 0.681. The number of hydrogen-bond donors (Lipinski definition) is 1. The standard InChI is InChI=1S/C12H16BrClN2/c13-10-7-11(14)12(16-8-10)15-6-5-9-3-1-2-4-9/h7-9H,1-6H2,(H,15,16). The maximum atomic E-state index is 6.07. The van der Waals surface area contributed by atoms with Crippen molar-refractivity contribution in [3.8, 4) is 0 Å². The Morgan fingerprint density at radius 2 is 2.19 bits per heavy atom. The zero-order chi connectivity index (χ0) is 11.4. The quantitative estimate of drug-likeness (QED) is 0.886. The van der Waals surface area contributed by atoms with E-state index in [-0.39, 0.29) is 0 Å². The van der Waals surface area contributed by atoms with E-state index in [0.717, 1.165) is 22.8 Å². The molecule has 1 fully saturated rings. The average Bonchev–Trinajstić information content (AvgIpc) is 2.74. The predicted molar refractivity (Wildman–Crippen MR) is 72.0 cm³/mol. The monoisotopic (exact) mass is 302 g/mol. The summed E-state index contributed by atoms with van der Waals surface area (Å²) in [6.07, 6.45) is 8.59. The highest BCUT2D eigenvalue weighted by molar-refractivity contribution is 9.10. The van der Waals surface area contributed by atoms with Crippen molar-refractivity contribution >= 4 is 33.3 Å². The Hall–Kier alpha value is -0.280. The van der Waals surface area contributed by atoms with E-state index in [2.05, 4.69) is 26.2 Å². The second kappa shape index (κ2) is 5.87. The molecule has 0 amide bonds. The SMILES string of the molecule is Clc1cc(Br)cnc1NCCC1CCCC1. The van der Waals surface area contributed by atoms with Gasteiger partial charge in [0.05, 0.1) is 5.02 Å². The van der Waals surface area contributed by atoms with Gasteiger partial charge in [-0.15, -0.1) is 0 Å². The molecule has 0 spiro atoms. The van der Waals surface area contributed by atoms with E-state index in [1.807, 2.05) is 6.07 Å². The molecule has 1 heterocycles. The molecule has 0 aromatic carbocycles. The van der Waals surface area contributed by atoms with Crippen LogP contribution in [0.5, 0.6) is 0 Å². The topological polar surface area (TPSA) is 24.9 Å². The number of anilines is 1. The van der Waals surface area contributed by atoms with Gasteiger partial charge in [0.15, 0.2) is 0 Å². The first-order chi connectivity index (χ1) is 7.75. The lowest BCUT2D eigenvalue weighted by atomic mass is 10.0. The van der Waals surface area contributed by atoms with Crippen LogP contribution in [0.3, 0.4) is 0 Å². The Morgan fingerprint density at radius 1 is 1.44 bits per heavy atom. The van der Waals surface area contributed by atoms with Crippen LogP contribution in [0.2, 0.25) is 5.02 Å². The van der Waals surface area contributed by atoms with Crippen molar-refractivity contribution in [2.45, 2.75) is 32.1 Å². The summed E-state index contributed by atoms with van der Waals surface area (Å²) in [5.74, 6) is 1.70. The molecule has 1 aliphatic carbocycles. The van der Waals surface area contributed by atoms with E-state index in [9.17, 15) is 0 Å². The first kappa shape index (κ1) is 12.2. The lowest BCUT2D eigenvalue weighted by Gasteiger charge is -2.11. The lowest BCUT2D eigenvalue weighted by molar-refractivity contribution is 0.518. The highest BCUT2D eigenvalue weighted by atomic mass is 79.9. The van der Waals surface area contributed by atoms with E-state index in [0.29, 0.717) is 5.02 Å². The van der Waals surface area contributed by atoms with Gasteiger partial charge < -0.3 is 5.32 Å². The molecule has 0 saturated heterocycles. The fourth-order valence-corrected chi connectivity index (χ4v) is 2.93. The summed E-state index contributed by atoms with van der Waals surface area (Å²) in [6.45, 7) is 0.971. The van der Waals surface area contributed by atoms with Crippen LogP contribution >= 0.6 is 27.5 Å². The number of halogens is 2. The van der Waals surface area contributed by atoms with Gasteiger partial charge in [-0.3, -0.25) is 0 Å². The first-order valence-electron chi connectivity index (χ1n) is 5.80. The van der Waals surface area contributed by atoms with Gasteiger partial charge in [0.1, 0.15) is 5.82 Å². The van der Waals surface area contributed by atoms with Gasteiger partial charge in [-0.1, -0.05) is 37.3 Å². The van der Waals surface area contributed by atoms with E-state index in [4.69, 9.17) is 11.6 Å². The van der Waals surface area contributed by atoms with Crippen LogP contribution in [0.15, 0.2) is 16.7 Å². The third-order valence-corrected chi connectivity index (χ3v) is 3.85. The maximum Gasteiger partial charge on any atom is 0.144 e. The summed E-state index contributed by atoms with van der Waals surface area (Å²) in [7, 11) is 0. The summed E-state index contributed by atoms with van der Waals surface area (Å²) in [5, 5.41) is 3.98. The van der Waals surface area contributed by atoms with E-state index in [1.165, 1.54) is 32.1 Å². The zero-order valence-electron chi connectivity index (χ0n) is 9.18. The fourth-order valence-electron chi connectivity index (χ4n) is 2.24. The molecule has 1 aromatic heterocycles. The predicted octanol–water partition coefficient (Wildman–Crippen LogP) is 4.49. The molecule has 0 unspecified atom stereocenters. The number of nitrogens with one attached hydrogen (secondary N) is 1. The van der Waals surface area contributed by atoms with E-state index in [1.54, 1.807) is 6.20 Å². The Balaban J connectivity index is 1.80. The molecule has 88 valence electrons. The molecule has 16 heavy (non-hydrogen) atoms. The molecule has 1 aliphatic rings. The normalized spacial score (nSPS) is 16.6. The Labute approximate surface area is 110 Å². The van der Waals surface area contributed by atoms with E-state index < -0.39 is 0 Å². The fraction of sp³-hybridized carbons (Fsp3) is 0.583. The van der Waals surface area contributed by atoms with Gasteiger partial charge in [0, 0.05) is 17.2 Å². The minimum Gasteiger partial charge on any atom is -0.369 e. The summed E-state index contributed by atoms with van der Waals surface area (Å²) in [6, 6.07) is 1.87. The molecule has 0 aliphatic heterocycles. The van der Waals surface area contributed by atoms with Gasteiger partial charge in [-0.25, -0.2) is 4.98 Å². The van der Waals surface area contributed by atoms with Crippen molar-refractivity contribution in [1.82, 2.24) is 4.98 Å². The van der Waals surface area contributed by atoms with Crippen molar-refractivity contribution in [2.24, 2.45) is 5.92 Å². The number of nitrogens with zero attached hydrogens (tertiary/aromatic N) is 1. The molecule has 0 radical (unpaired) electrons. The Bertz CT molecular complexity index is 351. The molecule has 4 heteroatoms. The summed E-state index contributed by atoms with van der Waals surface area (Å²) in [4.78, 5) is 4.25. The summed E-state index contributed by atoms with van der Waals surface area (Å²) >= 11 is 9.41. The van der Waals surface area contributed by atoms with Crippen molar-refractivity contribution in [2.75, 3.05) is 11.9 Å². The number of hydrogen-bond acceptors (Lipinski definition) is 2. The molecule has 1 aromatic rings. The molecule has 1 saturated carbocycles. The van der Waals surface area contributed by atoms with Crippen molar-refractivity contribution < 1.29 is 0 Å². The third-order valence-electron chi connectivity index (χ3n) is 3.13. The second-order valence-electron chi connectivity index (χ2n) is 4.35. The van der Waals surface area contributed by atoms with Gasteiger partial charge in [-0.2, -0.15) is 0 Å². The summed E-state index contributed by atoms with van der Waals surface area (Å²) < 4.78 is 0.916. The molecule has 0 atom stereocenters. The highest BCUT2D eigenvalue weighted by Crippen LogP contribution is 2.28. The molecule has 0 bridgehead atoms. The maximum absolute atomic E-state index is 6.07. The third kappa shape index (κ3) is 3.36. The summed E-state index contributed by atoms with van der Waals surface area (Å²) in [5.41, 5.74) is 0. The van der Waals surface area contributed by atoms with Gasteiger partial charge in [-0.05, 0) is 34.3 Å². The van der Waals surface area contributed by atoms with Crippen LogP contribution in [0, 0.1) is 5.92 Å². The van der Waals surface area contributed by atoms with Crippen molar-refractivity contribution in [3.63, 3.8) is 0 Å². The van der Waals surface area contributed by atoms with Gasteiger partial charge in [0.2, 0.25) is 0 Å². The average molecular weight is 304 g/mol. The van der Waals surface area contributed by atoms with Gasteiger partial charge in [0.25, 0.3) is 0 Å². The van der Waals surface area contributed by atoms with Gasteiger partial charge >= 0.3 is 0 Å². The zero-order valence-corrected chi connectivity index (χ0v) is 11.5. The van der Waals surface area contributed by atoms with Crippen LogP contribution in [0.4, 0.5) is 5.82 Å². The smallest absolute Gasteiger partial charge is 0.144 e. The molecule has 2 nitrogen and oxygen atoms in total. The van der Waals surface area contributed by atoms with E-state index >= 15 is 0 Å². The number of pyridine rings is 1. The molecule has 1 N–H and O–H groups in total. The minimum absolute atomic E-state index is 0.681. The van der Waals surface area contributed by atoms with Crippen LogP contribution in [0.1, 0.15) is 32.1 Å². The first-order valence-corrected chi connectivity index (χ1v) is 6.98. The van der Waals surface area contributed by atoms with Crippen LogP contribution in [0.25, 0.3) is 0 Å². The van der Waals surface area contributed by atoms with Crippen LogP contribution < -0.4 is 5.32 Å². The largest absolute Gasteiger partial charge is 0.369 e. The van der Waals surface area contributed by atoms with Crippen LogP contribution in [-0.4, -0.2) is 11.5 Å². The second-order valence-corrected chi connectivity index (χ2v) is 5.67. The number of rotatable bonds is 4. The Kier molecular flexibility index (Phi) is 4.47. The number of aromatic nitrogens is 1. The molecule has 2 rings (SSSR count). The Morgan fingerprint density at radius 3 is 2.88 bits per heavy atom.